The Labute approximate surface area is 361 Å². The Morgan fingerprint density at radius 1 is 0.429 bits per heavy atom. The molecule has 0 radical (unpaired) electrons. The highest BCUT2D eigenvalue weighted by atomic mass is 15.4. The first-order valence-electron chi connectivity index (χ1n) is 21.5. The van der Waals surface area contributed by atoms with Gasteiger partial charge in [0.1, 0.15) is 5.82 Å². The van der Waals surface area contributed by atoms with E-state index in [2.05, 4.69) is 235 Å². The normalized spacial score (nSPS) is 15.4. The number of hydrogen-bond donors (Lipinski definition) is 2. The van der Waals surface area contributed by atoms with Crippen molar-refractivity contribution < 1.29 is 0 Å². The molecule has 0 fully saturated rings. The number of aromatic nitrogens is 4. The van der Waals surface area contributed by atoms with Crippen molar-refractivity contribution in [3.63, 3.8) is 0 Å². The molecule has 2 aliphatic rings. The Morgan fingerprint density at radius 3 is 1.52 bits per heavy atom. The molecule has 0 aliphatic carbocycles. The fourth-order valence-electron chi connectivity index (χ4n) is 10.7. The molecule has 0 bridgehead atoms. The number of hydrogen-bond acceptors (Lipinski definition) is 4. The lowest BCUT2D eigenvalue weighted by Crippen LogP contribution is -2.41. The third-order valence-corrected chi connectivity index (χ3v) is 13.3. The SMILES string of the molecule is CN1C=C2NC(n3c4ccccc4c4ccc5c6ccccc6n(-c6ccccc6)c5c43)=CNC2=NC1n1c2ccccc2c2c3c(ccc21)c1ccccc1n3-c1ccccc1. The van der Waals surface area contributed by atoms with Gasteiger partial charge in [0.25, 0.3) is 0 Å². The number of nitrogens with one attached hydrogen (secondary N) is 2. The molecule has 0 saturated heterocycles. The molecule has 0 spiro atoms. The predicted molar refractivity (Wildman–Crippen MR) is 260 cm³/mol. The molecule has 4 aromatic heterocycles. The number of benzene rings is 8. The van der Waals surface area contributed by atoms with Crippen LogP contribution in [0.1, 0.15) is 6.29 Å². The van der Waals surface area contributed by atoms with Crippen LogP contribution in [0.4, 0.5) is 0 Å². The summed E-state index contributed by atoms with van der Waals surface area (Å²) in [6.07, 6.45) is 3.92. The van der Waals surface area contributed by atoms with Gasteiger partial charge in [-0.2, -0.15) is 0 Å². The van der Waals surface area contributed by atoms with Gasteiger partial charge in [-0.25, -0.2) is 4.99 Å². The quantitative estimate of drug-likeness (QED) is 0.186. The van der Waals surface area contributed by atoms with E-state index in [1.807, 2.05) is 0 Å². The zero-order valence-electron chi connectivity index (χ0n) is 34.2. The van der Waals surface area contributed by atoms with Gasteiger partial charge < -0.3 is 29.2 Å². The average Bonchev–Trinajstić information content (AvgIpc) is 4.07. The van der Waals surface area contributed by atoms with Crippen molar-refractivity contribution in [2.75, 3.05) is 7.05 Å². The molecule has 298 valence electrons. The summed E-state index contributed by atoms with van der Waals surface area (Å²) in [6, 6.07) is 65.5. The second-order valence-electron chi connectivity index (χ2n) is 16.7. The Hall–Kier alpha value is -8.49. The van der Waals surface area contributed by atoms with Crippen LogP contribution in [0.3, 0.4) is 0 Å². The maximum Gasteiger partial charge on any atom is 0.205 e. The largest absolute Gasteiger partial charge is 0.342 e. The average molecular weight is 811 g/mol. The Morgan fingerprint density at radius 2 is 0.905 bits per heavy atom. The minimum atomic E-state index is -0.350. The van der Waals surface area contributed by atoms with E-state index in [0.29, 0.717) is 0 Å². The van der Waals surface area contributed by atoms with Gasteiger partial charge in [-0.3, -0.25) is 4.57 Å². The van der Waals surface area contributed by atoms with Crippen LogP contribution in [0.5, 0.6) is 0 Å². The smallest absolute Gasteiger partial charge is 0.205 e. The van der Waals surface area contributed by atoms with Crippen LogP contribution in [0.15, 0.2) is 205 Å². The highest BCUT2D eigenvalue weighted by Gasteiger charge is 2.31. The summed E-state index contributed by atoms with van der Waals surface area (Å²) in [5.74, 6) is 1.71. The van der Waals surface area contributed by atoms with Gasteiger partial charge >= 0.3 is 0 Å². The lowest BCUT2D eigenvalue weighted by molar-refractivity contribution is 0.261. The molecule has 8 heteroatoms. The topological polar surface area (TPSA) is 59.4 Å². The van der Waals surface area contributed by atoms with Crippen LogP contribution < -0.4 is 10.6 Å². The fourth-order valence-corrected chi connectivity index (χ4v) is 10.7. The summed E-state index contributed by atoms with van der Waals surface area (Å²) in [5, 5.41) is 17.3. The summed E-state index contributed by atoms with van der Waals surface area (Å²) in [5.41, 5.74) is 12.4. The fraction of sp³-hybridized carbons (Fsp3) is 0.0364. The van der Waals surface area contributed by atoms with Crippen molar-refractivity contribution >= 4 is 98.9 Å². The number of rotatable bonds is 4. The molecule has 8 nitrogen and oxygen atoms in total. The second kappa shape index (κ2) is 12.8. The monoisotopic (exact) mass is 810 g/mol. The summed E-state index contributed by atoms with van der Waals surface area (Å²) < 4.78 is 9.62. The van der Waals surface area contributed by atoms with E-state index in [1.54, 1.807) is 0 Å². The van der Waals surface area contributed by atoms with Gasteiger partial charge in [-0.05, 0) is 54.6 Å². The van der Waals surface area contributed by atoms with Crippen molar-refractivity contribution in [3.8, 4) is 11.4 Å². The van der Waals surface area contributed by atoms with Gasteiger partial charge in [-0.1, -0.05) is 127 Å². The zero-order valence-corrected chi connectivity index (χ0v) is 34.2. The molecule has 2 aliphatic heterocycles. The Kier molecular flexibility index (Phi) is 6.94. The number of aliphatic imine (C=N–C) groups is 1. The minimum absolute atomic E-state index is 0.350. The van der Waals surface area contributed by atoms with Gasteiger partial charge in [-0.15, -0.1) is 0 Å². The van der Waals surface area contributed by atoms with E-state index in [9.17, 15) is 0 Å². The van der Waals surface area contributed by atoms with E-state index in [1.165, 1.54) is 65.2 Å². The first kappa shape index (κ1) is 34.2. The molecular formula is C55H38N8. The Balaban J connectivity index is 0.960. The Bertz CT molecular complexity index is 3990. The van der Waals surface area contributed by atoms with Crippen LogP contribution >= 0.6 is 0 Å². The second-order valence-corrected chi connectivity index (χ2v) is 16.7. The molecular weight excluding hydrogens is 773 g/mol. The maximum atomic E-state index is 5.50. The highest BCUT2D eigenvalue weighted by molar-refractivity contribution is 6.26. The molecule has 2 N–H and O–H groups in total. The highest BCUT2D eigenvalue weighted by Crippen LogP contribution is 2.44. The summed E-state index contributed by atoms with van der Waals surface area (Å²) >= 11 is 0. The molecule has 0 saturated carbocycles. The van der Waals surface area contributed by atoms with E-state index in [0.717, 1.165) is 50.8 Å². The van der Waals surface area contributed by atoms with E-state index >= 15 is 0 Å². The molecule has 6 heterocycles. The van der Waals surface area contributed by atoms with Crippen molar-refractivity contribution in [1.29, 1.82) is 0 Å². The van der Waals surface area contributed by atoms with E-state index < -0.39 is 0 Å². The van der Waals surface area contributed by atoms with Crippen LogP contribution in [-0.4, -0.2) is 36.1 Å². The summed E-state index contributed by atoms with van der Waals surface area (Å²) in [6.45, 7) is 0. The first-order chi connectivity index (χ1) is 31.2. The maximum absolute atomic E-state index is 5.50. The molecule has 8 aromatic carbocycles. The standard InChI is InChI=1S/C55H38N8/c1-59-33-43-54(58-55(59)62-47-27-15-11-23-42(47)50-48(62)31-30-39-36-20-8-12-24-44(36)60(51(39)50)34-16-4-2-5-17-34)56-32-49(57-43)63-46-26-14-10-22-38(46)41-29-28-40-37-21-9-13-25-45(37)61(52(40)53(41)63)35-18-6-3-7-19-35/h2-33,55,57H,1H3,(H,56,58). The van der Waals surface area contributed by atoms with Crippen LogP contribution in [-0.2, 0) is 0 Å². The summed E-state index contributed by atoms with van der Waals surface area (Å²) in [7, 11) is 2.13. The molecule has 1 atom stereocenters. The minimum Gasteiger partial charge on any atom is -0.342 e. The van der Waals surface area contributed by atoms with Gasteiger partial charge in [0.15, 0.2) is 5.84 Å². The van der Waals surface area contributed by atoms with Crippen molar-refractivity contribution in [2.45, 2.75) is 6.29 Å². The lowest BCUT2D eigenvalue weighted by Gasteiger charge is -2.34. The molecule has 63 heavy (non-hydrogen) atoms. The van der Waals surface area contributed by atoms with Crippen LogP contribution in [0, 0.1) is 0 Å². The molecule has 0 amide bonds. The van der Waals surface area contributed by atoms with Gasteiger partial charge in [0.2, 0.25) is 6.29 Å². The molecule has 12 aromatic rings. The van der Waals surface area contributed by atoms with Crippen LogP contribution in [0.2, 0.25) is 0 Å². The lowest BCUT2D eigenvalue weighted by atomic mass is 10.1. The van der Waals surface area contributed by atoms with Gasteiger partial charge in [0, 0.05) is 73.9 Å². The van der Waals surface area contributed by atoms with Crippen molar-refractivity contribution in [2.24, 2.45) is 4.99 Å². The third-order valence-electron chi connectivity index (χ3n) is 13.3. The number of para-hydroxylation sites is 6. The van der Waals surface area contributed by atoms with E-state index in [-0.39, 0.29) is 6.29 Å². The first-order valence-corrected chi connectivity index (χ1v) is 21.5. The molecule has 14 rings (SSSR count). The summed E-state index contributed by atoms with van der Waals surface area (Å²) in [4.78, 5) is 7.72. The van der Waals surface area contributed by atoms with Crippen molar-refractivity contribution in [1.82, 2.24) is 33.8 Å². The van der Waals surface area contributed by atoms with Gasteiger partial charge in [0.05, 0.1) is 49.8 Å². The van der Waals surface area contributed by atoms with Crippen molar-refractivity contribution in [3.05, 3.63) is 200 Å². The number of fused-ring (bicyclic) bond motifs is 15. The zero-order chi connectivity index (χ0) is 41.3. The third kappa shape index (κ3) is 4.66. The number of amidine groups is 1. The van der Waals surface area contributed by atoms with Crippen LogP contribution in [0.25, 0.3) is 104 Å². The number of nitrogens with zero attached hydrogens (tertiary/aromatic N) is 6. The van der Waals surface area contributed by atoms with E-state index in [4.69, 9.17) is 4.99 Å². The predicted octanol–water partition coefficient (Wildman–Crippen LogP) is 12.4. The molecule has 1 unspecified atom stereocenters.